The molecule has 0 radical (unpaired) electrons. The first-order valence-electron chi connectivity index (χ1n) is 10.0. The van der Waals surface area contributed by atoms with Crippen molar-refractivity contribution in [1.29, 1.82) is 0 Å². The van der Waals surface area contributed by atoms with E-state index in [9.17, 15) is 9.59 Å². The van der Waals surface area contributed by atoms with Gasteiger partial charge in [0.1, 0.15) is 5.69 Å². The summed E-state index contributed by atoms with van der Waals surface area (Å²) in [5, 5.41) is 3.74. The minimum Gasteiger partial charge on any atom is -0.465 e. The van der Waals surface area contributed by atoms with Crippen LogP contribution < -0.4 is 5.32 Å². The molecule has 2 heterocycles. The fourth-order valence-corrected chi connectivity index (χ4v) is 4.23. The van der Waals surface area contributed by atoms with Crippen LogP contribution in [0, 0.1) is 6.92 Å². The Morgan fingerprint density at radius 3 is 2.66 bits per heavy atom. The lowest BCUT2D eigenvalue weighted by molar-refractivity contribution is 0.0599. The van der Waals surface area contributed by atoms with Crippen molar-refractivity contribution in [2.24, 2.45) is 0 Å². The molecule has 156 valence electrons. The molecule has 1 fully saturated rings. The number of hydrogen-bond acceptors (Lipinski definition) is 4. The molecule has 2 N–H and O–H groups in total. The number of carbonyl (C=O) groups excluding carboxylic acids is 2. The number of nitrogens with one attached hydrogen (secondary N) is 2. The molecule has 29 heavy (non-hydrogen) atoms. The van der Waals surface area contributed by atoms with Crippen LogP contribution in [-0.4, -0.2) is 48.5 Å². The van der Waals surface area contributed by atoms with Crippen molar-refractivity contribution in [3.63, 3.8) is 0 Å². The van der Waals surface area contributed by atoms with Gasteiger partial charge in [-0.3, -0.25) is 9.69 Å². The van der Waals surface area contributed by atoms with Crippen LogP contribution in [0.5, 0.6) is 0 Å². The van der Waals surface area contributed by atoms with Crippen molar-refractivity contribution >= 4 is 23.5 Å². The van der Waals surface area contributed by atoms with Gasteiger partial charge in [0.2, 0.25) is 0 Å². The number of amides is 1. The summed E-state index contributed by atoms with van der Waals surface area (Å²) < 4.78 is 4.88. The summed E-state index contributed by atoms with van der Waals surface area (Å²) in [7, 11) is 1.35. The average Bonchev–Trinajstić information content (AvgIpc) is 3.35. The van der Waals surface area contributed by atoms with Gasteiger partial charge in [-0.05, 0) is 62.5 Å². The Kier molecular flexibility index (Phi) is 6.98. The van der Waals surface area contributed by atoms with Crippen LogP contribution in [0.15, 0.2) is 24.3 Å². The van der Waals surface area contributed by atoms with Crippen molar-refractivity contribution in [2.75, 3.05) is 26.7 Å². The number of aromatic nitrogens is 1. The number of halogens is 1. The van der Waals surface area contributed by atoms with E-state index in [2.05, 4.69) is 15.2 Å². The van der Waals surface area contributed by atoms with Crippen LogP contribution in [0.4, 0.5) is 0 Å². The second kappa shape index (κ2) is 9.46. The molecule has 6 nitrogen and oxygen atoms in total. The Balaban J connectivity index is 1.80. The number of methoxy groups -OCH3 is 1. The lowest BCUT2D eigenvalue weighted by Gasteiger charge is -2.28. The van der Waals surface area contributed by atoms with E-state index in [0.717, 1.165) is 31.5 Å². The highest BCUT2D eigenvalue weighted by molar-refractivity contribution is 6.30. The molecule has 2 aromatic rings. The van der Waals surface area contributed by atoms with E-state index in [4.69, 9.17) is 16.3 Å². The van der Waals surface area contributed by atoms with Gasteiger partial charge in [0, 0.05) is 17.3 Å². The minimum atomic E-state index is -0.427. The molecule has 1 amide bonds. The Morgan fingerprint density at radius 2 is 2.03 bits per heavy atom. The predicted octanol–water partition coefficient (Wildman–Crippen LogP) is 3.89. The van der Waals surface area contributed by atoms with Crippen LogP contribution in [0.2, 0.25) is 5.02 Å². The third kappa shape index (κ3) is 4.65. The number of benzene rings is 1. The maximum absolute atomic E-state index is 12.9. The molecule has 0 bridgehead atoms. The number of H-pyrrole nitrogens is 1. The van der Waals surface area contributed by atoms with Gasteiger partial charge in [0.15, 0.2) is 0 Å². The maximum atomic E-state index is 12.9. The summed E-state index contributed by atoms with van der Waals surface area (Å²) in [4.78, 5) is 30.5. The van der Waals surface area contributed by atoms with Crippen molar-refractivity contribution in [3.05, 3.63) is 57.4 Å². The molecule has 0 saturated carbocycles. The number of aryl methyl sites for hydroxylation is 1. The lowest BCUT2D eigenvalue weighted by Crippen LogP contribution is -2.37. The van der Waals surface area contributed by atoms with Gasteiger partial charge in [-0.1, -0.05) is 30.7 Å². The Bertz CT molecular complexity index is 887. The van der Waals surface area contributed by atoms with Gasteiger partial charge in [-0.25, -0.2) is 4.79 Å². The maximum Gasteiger partial charge on any atom is 0.339 e. The van der Waals surface area contributed by atoms with Crippen LogP contribution in [-0.2, 0) is 11.2 Å². The fourth-order valence-electron chi connectivity index (χ4n) is 4.03. The number of hydrogen-bond donors (Lipinski definition) is 2. The van der Waals surface area contributed by atoms with E-state index < -0.39 is 5.97 Å². The molecule has 3 rings (SSSR count). The zero-order valence-corrected chi connectivity index (χ0v) is 17.9. The summed E-state index contributed by atoms with van der Waals surface area (Å²) in [6.07, 6.45) is 2.92. The van der Waals surface area contributed by atoms with Crippen molar-refractivity contribution in [1.82, 2.24) is 15.2 Å². The smallest absolute Gasteiger partial charge is 0.339 e. The van der Waals surface area contributed by atoms with E-state index >= 15 is 0 Å². The van der Waals surface area contributed by atoms with Gasteiger partial charge in [0.05, 0.1) is 18.7 Å². The first-order chi connectivity index (χ1) is 14.0. The summed E-state index contributed by atoms with van der Waals surface area (Å²) in [5.74, 6) is -0.651. The van der Waals surface area contributed by atoms with Crippen LogP contribution in [0.3, 0.4) is 0 Å². The van der Waals surface area contributed by atoms with Crippen LogP contribution >= 0.6 is 11.6 Å². The average molecular weight is 418 g/mol. The highest BCUT2D eigenvalue weighted by Crippen LogP contribution is 2.27. The largest absolute Gasteiger partial charge is 0.465 e. The number of ether oxygens (including phenoxy) is 1. The molecule has 0 spiro atoms. The number of nitrogens with zero attached hydrogens (tertiary/aromatic N) is 1. The molecule has 1 unspecified atom stereocenters. The normalized spacial score (nSPS) is 15.3. The summed E-state index contributed by atoms with van der Waals surface area (Å²) in [6.45, 7) is 6.17. The lowest BCUT2D eigenvalue weighted by atomic mass is 10.1. The predicted molar refractivity (Wildman–Crippen MR) is 114 cm³/mol. The number of esters is 1. The molecule has 7 heteroatoms. The molecule has 0 aliphatic carbocycles. The number of aromatic amines is 1. The Hall–Kier alpha value is -2.31. The molecule has 1 aliphatic rings. The van der Waals surface area contributed by atoms with Crippen molar-refractivity contribution in [3.8, 4) is 0 Å². The van der Waals surface area contributed by atoms with E-state index in [1.807, 2.05) is 31.2 Å². The quantitative estimate of drug-likeness (QED) is 0.670. The second-order valence-corrected chi connectivity index (χ2v) is 7.78. The highest BCUT2D eigenvalue weighted by Gasteiger charge is 2.27. The van der Waals surface area contributed by atoms with Crippen LogP contribution in [0.1, 0.15) is 63.5 Å². The van der Waals surface area contributed by atoms with Crippen LogP contribution in [0.25, 0.3) is 0 Å². The van der Waals surface area contributed by atoms with E-state index in [0.29, 0.717) is 40.5 Å². The van der Waals surface area contributed by atoms with Gasteiger partial charge in [-0.15, -0.1) is 0 Å². The van der Waals surface area contributed by atoms with E-state index in [-0.39, 0.29) is 11.9 Å². The zero-order chi connectivity index (χ0) is 21.0. The Labute approximate surface area is 176 Å². The molecule has 1 saturated heterocycles. The first kappa shape index (κ1) is 21.4. The topological polar surface area (TPSA) is 74.4 Å². The second-order valence-electron chi connectivity index (χ2n) is 7.35. The van der Waals surface area contributed by atoms with Crippen molar-refractivity contribution < 1.29 is 14.3 Å². The minimum absolute atomic E-state index is 0.0566. The third-order valence-electron chi connectivity index (χ3n) is 5.57. The molecular formula is C22H28ClN3O3. The highest BCUT2D eigenvalue weighted by atomic mass is 35.5. The van der Waals surface area contributed by atoms with Gasteiger partial charge in [0.25, 0.3) is 5.91 Å². The summed E-state index contributed by atoms with van der Waals surface area (Å²) in [6, 6.07) is 7.86. The molecule has 1 aromatic heterocycles. The zero-order valence-electron chi connectivity index (χ0n) is 17.2. The number of carbonyl (C=O) groups is 2. The SMILES string of the molecule is CCc1[nH]c(C(=O)NCC(c2cccc(Cl)c2)N2CCCC2)c(C)c1C(=O)OC. The van der Waals surface area contributed by atoms with Gasteiger partial charge in [-0.2, -0.15) is 0 Å². The molecule has 1 atom stereocenters. The van der Waals surface area contributed by atoms with Gasteiger partial charge >= 0.3 is 5.97 Å². The van der Waals surface area contributed by atoms with E-state index in [1.165, 1.54) is 7.11 Å². The summed E-state index contributed by atoms with van der Waals surface area (Å²) in [5.41, 5.74) is 3.28. The number of rotatable bonds is 7. The molecular weight excluding hydrogens is 390 g/mol. The number of likely N-dealkylation sites (tertiary alicyclic amines) is 1. The standard InChI is InChI=1S/C22H28ClN3O3/c1-4-17-19(22(28)29-3)14(2)20(25-17)21(27)24-13-18(26-10-5-6-11-26)15-8-7-9-16(23)12-15/h7-9,12,18,25H,4-6,10-11,13H2,1-3H3,(H,24,27). The monoisotopic (exact) mass is 417 g/mol. The third-order valence-corrected chi connectivity index (χ3v) is 5.80. The Morgan fingerprint density at radius 1 is 1.31 bits per heavy atom. The fraction of sp³-hybridized carbons (Fsp3) is 0.455. The van der Waals surface area contributed by atoms with Gasteiger partial charge < -0.3 is 15.0 Å². The molecule has 1 aromatic carbocycles. The summed E-state index contributed by atoms with van der Waals surface area (Å²) >= 11 is 6.20. The first-order valence-corrected chi connectivity index (χ1v) is 10.4. The van der Waals surface area contributed by atoms with E-state index in [1.54, 1.807) is 6.92 Å². The molecule has 1 aliphatic heterocycles. The van der Waals surface area contributed by atoms with Crippen molar-refractivity contribution in [2.45, 2.75) is 39.2 Å².